The fraction of sp³-hybridized carbons (Fsp3) is 0.833. The van der Waals surface area contributed by atoms with E-state index in [-0.39, 0.29) is 24.7 Å². The molecule has 2 aliphatic rings. The molecule has 1 amide bonds. The van der Waals surface area contributed by atoms with Crippen LogP contribution in [-0.2, 0) is 14.3 Å². The lowest BCUT2D eigenvalue weighted by molar-refractivity contribution is -0.142. The van der Waals surface area contributed by atoms with Crippen LogP contribution in [0.25, 0.3) is 0 Å². The second-order valence-corrected chi connectivity index (χ2v) is 4.82. The zero-order valence-electron chi connectivity index (χ0n) is 10.1. The number of hydrogen-bond acceptors (Lipinski definition) is 4. The minimum atomic E-state index is -0.391. The first kappa shape index (κ1) is 12.2. The van der Waals surface area contributed by atoms with Crippen molar-refractivity contribution in [2.45, 2.75) is 51.2 Å². The third kappa shape index (κ3) is 3.11. The number of esters is 1. The van der Waals surface area contributed by atoms with E-state index in [2.05, 4.69) is 5.32 Å². The summed E-state index contributed by atoms with van der Waals surface area (Å²) in [4.78, 5) is 22.1. The second kappa shape index (κ2) is 5.38. The maximum atomic E-state index is 11.3. The molecule has 5 nitrogen and oxygen atoms in total. The van der Waals surface area contributed by atoms with Crippen LogP contribution in [0.5, 0.6) is 0 Å². The minimum Gasteiger partial charge on any atom is -0.464 e. The molecule has 96 valence electrons. The van der Waals surface area contributed by atoms with Gasteiger partial charge in [-0.15, -0.1) is 0 Å². The Hall–Kier alpha value is -1.26. The number of hydrogen-bond donors (Lipinski definition) is 1. The smallest absolute Gasteiger partial charge is 0.407 e. The number of rotatable bonds is 3. The van der Waals surface area contributed by atoms with E-state index in [0.29, 0.717) is 5.92 Å². The molecule has 0 radical (unpaired) electrons. The molecule has 0 unspecified atom stereocenters. The number of amides is 1. The summed E-state index contributed by atoms with van der Waals surface area (Å²) in [5.41, 5.74) is 0. The van der Waals surface area contributed by atoms with Crippen LogP contribution in [0.1, 0.15) is 39.0 Å². The molecule has 0 bridgehead atoms. The largest absolute Gasteiger partial charge is 0.464 e. The van der Waals surface area contributed by atoms with Gasteiger partial charge < -0.3 is 14.8 Å². The molecule has 1 aliphatic carbocycles. The van der Waals surface area contributed by atoms with Gasteiger partial charge in [0.15, 0.2) is 0 Å². The van der Waals surface area contributed by atoms with Gasteiger partial charge >= 0.3 is 12.1 Å². The summed E-state index contributed by atoms with van der Waals surface area (Å²) in [5.74, 6) is 0.0804. The molecule has 5 heteroatoms. The topological polar surface area (TPSA) is 64.6 Å². The number of nitrogens with one attached hydrogen (secondary N) is 1. The van der Waals surface area contributed by atoms with Crippen LogP contribution in [-0.4, -0.2) is 30.8 Å². The number of carbonyl (C=O) groups excluding carboxylic acids is 2. The van der Waals surface area contributed by atoms with Crippen molar-refractivity contribution in [2.75, 3.05) is 6.61 Å². The van der Waals surface area contributed by atoms with Crippen molar-refractivity contribution in [1.29, 1.82) is 0 Å². The van der Waals surface area contributed by atoms with Crippen LogP contribution >= 0.6 is 0 Å². The van der Waals surface area contributed by atoms with Crippen molar-refractivity contribution in [2.24, 2.45) is 5.92 Å². The summed E-state index contributed by atoms with van der Waals surface area (Å²) < 4.78 is 10.3. The molecule has 0 spiro atoms. The van der Waals surface area contributed by atoms with Crippen LogP contribution in [0.4, 0.5) is 4.79 Å². The molecule has 2 fully saturated rings. The second-order valence-electron chi connectivity index (χ2n) is 4.82. The van der Waals surface area contributed by atoms with Crippen molar-refractivity contribution in [3.8, 4) is 0 Å². The van der Waals surface area contributed by atoms with E-state index in [1.54, 1.807) is 0 Å². The van der Waals surface area contributed by atoms with Gasteiger partial charge in [-0.25, -0.2) is 4.79 Å². The van der Waals surface area contributed by atoms with Crippen molar-refractivity contribution >= 4 is 12.1 Å². The predicted octanol–water partition coefficient (Wildman–Crippen LogP) is 1.61. The highest BCUT2D eigenvalue weighted by Crippen LogP contribution is 2.31. The lowest BCUT2D eigenvalue weighted by Crippen LogP contribution is -2.41. The highest BCUT2D eigenvalue weighted by Gasteiger charge is 2.40. The lowest BCUT2D eigenvalue weighted by atomic mass is 9.83. The van der Waals surface area contributed by atoms with Gasteiger partial charge in [-0.3, -0.25) is 4.79 Å². The molecular formula is C12H19NO4. The quantitative estimate of drug-likeness (QED) is 0.762. The van der Waals surface area contributed by atoms with Crippen molar-refractivity contribution in [3.05, 3.63) is 0 Å². The summed E-state index contributed by atoms with van der Waals surface area (Å²) in [5, 5.41) is 2.72. The van der Waals surface area contributed by atoms with Crippen LogP contribution in [0.3, 0.4) is 0 Å². The SMILES string of the molecule is CC(=O)OC[C@H]1NC(=O)O[C@@H]1C1CCCCC1. The van der Waals surface area contributed by atoms with Crippen LogP contribution in [0, 0.1) is 5.92 Å². The van der Waals surface area contributed by atoms with Crippen LogP contribution in [0.2, 0.25) is 0 Å². The van der Waals surface area contributed by atoms with E-state index in [4.69, 9.17) is 9.47 Å². The Morgan fingerprint density at radius 3 is 2.76 bits per heavy atom. The van der Waals surface area contributed by atoms with E-state index < -0.39 is 6.09 Å². The average Bonchev–Trinajstić information content (AvgIpc) is 2.69. The van der Waals surface area contributed by atoms with Gasteiger partial charge in [0.1, 0.15) is 18.8 Å². The molecule has 17 heavy (non-hydrogen) atoms. The summed E-state index contributed by atoms with van der Waals surface area (Å²) in [7, 11) is 0. The molecule has 1 N–H and O–H groups in total. The molecule has 1 aliphatic heterocycles. The molecular weight excluding hydrogens is 222 g/mol. The zero-order valence-corrected chi connectivity index (χ0v) is 10.1. The summed E-state index contributed by atoms with van der Waals surface area (Å²) in [6, 6.07) is -0.186. The first-order valence-corrected chi connectivity index (χ1v) is 6.27. The average molecular weight is 241 g/mol. The van der Waals surface area contributed by atoms with Gasteiger partial charge in [0.2, 0.25) is 0 Å². The van der Waals surface area contributed by atoms with Gasteiger partial charge in [0.05, 0.1) is 0 Å². The molecule has 0 aromatic carbocycles. The van der Waals surface area contributed by atoms with Gasteiger partial charge in [0.25, 0.3) is 0 Å². The minimum absolute atomic E-state index is 0.137. The van der Waals surface area contributed by atoms with Crippen molar-refractivity contribution in [1.82, 2.24) is 5.32 Å². The molecule has 0 aromatic heterocycles. The Labute approximate surface area is 101 Å². The molecule has 1 saturated heterocycles. The third-order valence-corrected chi connectivity index (χ3v) is 3.52. The van der Waals surface area contributed by atoms with E-state index in [1.165, 1.54) is 26.2 Å². The van der Waals surface area contributed by atoms with Crippen molar-refractivity contribution in [3.63, 3.8) is 0 Å². The first-order chi connectivity index (χ1) is 8.16. The Morgan fingerprint density at radius 1 is 1.41 bits per heavy atom. The Kier molecular flexibility index (Phi) is 3.86. The normalized spacial score (nSPS) is 29.6. The maximum absolute atomic E-state index is 11.3. The Balaban J connectivity index is 1.92. The van der Waals surface area contributed by atoms with E-state index in [0.717, 1.165) is 12.8 Å². The summed E-state index contributed by atoms with van der Waals surface area (Å²) in [6.07, 6.45) is 5.31. The van der Waals surface area contributed by atoms with Crippen LogP contribution in [0.15, 0.2) is 0 Å². The standard InChI is InChI=1S/C12H19NO4/c1-8(14)16-7-10-11(17-12(15)13-10)9-5-3-2-4-6-9/h9-11H,2-7H2,1H3,(H,13,15)/t10-,11-/m1/s1. The number of cyclic esters (lactones) is 1. The van der Waals surface area contributed by atoms with Gasteiger partial charge in [-0.1, -0.05) is 19.3 Å². The molecule has 2 atom stereocenters. The molecule has 1 saturated carbocycles. The lowest BCUT2D eigenvalue weighted by Gasteiger charge is -2.28. The number of alkyl carbamates (subject to hydrolysis) is 1. The van der Waals surface area contributed by atoms with E-state index >= 15 is 0 Å². The first-order valence-electron chi connectivity index (χ1n) is 6.27. The maximum Gasteiger partial charge on any atom is 0.407 e. The highest BCUT2D eigenvalue weighted by molar-refractivity contribution is 5.70. The van der Waals surface area contributed by atoms with Gasteiger partial charge in [-0.05, 0) is 18.8 Å². The van der Waals surface area contributed by atoms with Crippen LogP contribution < -0.4 is 5.32 Å². The fourth-order valence-electron chi connectivity index (χ4n) is 2.70. The monoisotopic (exact) mass is 241 g/mol. The van der Waals surface area contributed by atoms with Crippen molar-refractivity contribution < 1.29 is 19.1 Å². The number of carbonyl (C=O) groups is 2. The Bertz CT molecular complexity index is 299. The zero-order chi connectivity index (χ0) is 12.3. The Morgan fingerprint density at radius 2 is 2.12 bits per heavy atom. The predicted molar refractivity (Wildman–Crippen MR) is 60.4 cm³/mol. The summed E-state index contributed by atoms with van der Waals surface area (Å²) >= 11 is 0. The molecule has 1 heterocycles. The third-order valence-electron chi connectivity index (χ3n) is 3.52. The highest BCUT2D eigenvalue weighted by atomic mass is 16.6. The van der Waals surface area contributed by atoms with E-state index in [1.807, 2.05) is 0 Å². The van der Waals surface area contributed by atoms with Gasteiger partial charge in [0, 0.05) is 6.92 Å². The van der Waals surface area contributed by atoms with Gasteiger partial charge in [-0.2, -0.15) is 0 Å². The van der Waals surface area contributed by atoms with E-state index in [9.17, 15) is 9.59 Å². The number of ether oxygens (including phenoxy) is 2. The molecule has 0 aromatic rings. The summed E-state index contributed by atoms with van der Waals surface area (Å²) in [6.45, 7) is 1.58. The molecule has 2 rings (SSSR count). The fourth-order valence-corrected chi connectivity index (χ4v) is 2.70.